The molecule has 5 N–H and O–H groups in total. The normalized spacial score (nSPS) is 42.5. The molecule has 11 unspecified atom stereocenters. The van der Waals surface area contributed by atoms with Crippen molar-refractivity contribution in [2.75, 3.05) is 38.6 Å². The number of thioether (sulfide) groups is 1. The number of alkyl halides is 2. The predicted octanol–water partition coefficient (Wildman–Crippen LogP) is 0.550. The molecule has 2 bridgehead atoms. The van der Waals surface area contributed by atoms with Crippen LogP contribution in [0.3, 0.4) is 0 Å². The van der Waals surface area contributed by atoms with E-state index in [-0.39, 0.29) is 59.3 Å². The van der Waals surface area contributed by atoms with E-state index < -0.39 is 42.7 Å². The number of piperidine rings is 1. The van der Waals surface area contributed by atoms with Gasteiger partial charge in [0.25, 0.3) is 0 Å². The summed E-state index contributed by atoms with van der Waals surface area (Å²) in [6, 6.07) is -2.01. The Labute approximate surface area is 256 Å². The maximum Gasteiger partial charge on any atom is 0.320 e. The van der Waals surface area contributed by atoms with E-state index in [9.17, 15) is 14.4 Å². The Morgan fingerprint density at radius 3 is 2.53 bits per heavy atom. The van der Waals surface area contributed by atoms with Gasteiger partial charge in [0.05, 0.1) is 29.5 Å². The number of urea groups is 1. The summed E-state index contributed by atoms with van der Waals surface area (Å²) < 4.78 is 32.1. The quantitative estimate of drug-likeness (QED) is 0.289. The molecule has 4 amide bonds. The largest absolute Gasteiger partial charge is 0.352 e. The van der Waals surface area contributed by atoms with Gasteiger partial charge in [-0.2, -0.15) is 0 Å². The molecule has 6 fully saturated rings. The number of piperazine rings is 1. The van der Waals surface area contributed by atoms with E-state index in [1.165, 1.54) is 17.8 Å². The molecule has 14 heteroatoms. The van der Waals surface area contributed by atoms with Gasteiger partial charge < -0.3 is 20.4 Å². The van der Waals surface area contributed by atoms with Crippen molar-refractivity contribution >= 4 is 29.6 Å². The Morgan fingerprint density at radius 1 is 1.05 bits per heavy atom. The third-order valence-corrected chi connectivity index (χ3v) is 11.7. The van der Waals surface area contributed by atoms with Crippen molar-refractivity contribution in [3.05, 3.63) is 12.7 Å². The van der Waals surface area contributed by atoms with Crippen molar-refractivity contribution in [2.45, 2.75) is 93.7 Å². The number of amides is 4. The van der Waals surface area contributed by atoms with E-state index in [0.29, 0.717) is 52.1 Å². The van der Waals surface area contributed by atoms with Crippen molar-refractivity contribution in [3.8, 4) is 0 Å². The van der Waals surface area contributed by atoms with Crippen LogP contribution < -0.4 is 26.6 Å². The summed E-state index contributed by atoms with van der Waals surface area (Å²) in [6.45, 7) is 10.4. The smallest absolute Gasteiger partial charge is 0.320 e. The van der Waals surface area contributed by atoms with E-state index in [1.54, 1.807) is 4.90 Å². The van der Waals surface area contributed by atoms with Crippen LogP contribution in [0.4, 0.5) is 13.6 Å². The average Bonchev–Trinajstić information content (AvgIpc) is 2.99. The molecule has 43 heavy (non-hydrogen) atoms. The standard InChI is InChI=1S/C29H46F2N8O3S/c1-4-21(41)37-8-10-38(11-9-37)26-16-12-18(31)24-22-17(30)6-5-7-19(22)34-20(40)13-43-28-25(23(15(2)3)32-14-33-28)39(27(16)35-24)29(42)36-26/h4,15-19,22-28,32-33,35H,1,5-14H2,2-3H3,(H,34,40)(H,36,42). The van der Waals surface area contributed by atoms with Crippen molar-refractivity contribution in [1.29, 1.82) is 0 Å². The minimum Gasteiger partial charge on any atom is -0.352 e. The van der Waals surface area contributed by atoms with E-state index in [0.717, 1.165) is 0 Å². The molecule has 1 saturated carbocycles. The summed E-state index contributed by atoms with van der Waals surface area (Å²) in [5.41, 5.74) is 0. The zero-order chi connectivity index (χ0) is 30.4. The van der Waals surface area contributed by atoms with Crippen molar-refractivity contribution in [1.82, 2.24) is 41.3 Å². The summed E-state index contributed by atoms with van der Waals surface area (Å²) in [5.74, 6) is -1.02. The third-order valence-electron chi connectivity index (χ3n) is 10.5. The molecular formula is C29H46F2N8O3S. The fourth-order valence-electron chi connectivity index (χ4n) is 8.41. The van der Waals surface area contributed by atoms with Gasteiger partial charge in [-0.15, -0.1) is 11.8 Å². The first-order chi connectivity index (χ1) is 20.7. The predicted molar refractivity (Wildman–Crippen MR) is 160 cm³/mol. The molecule has 0 aromatic carbocycles. The van der Waals surface area contributed by atoms with E-state index in [1.807, 2.05) is 4.90 Å². The lowest BCUT2D eigenvalue weighted by atomic mass is 9.72. The van der Waals surface area contributed by atoms with Crippen molar-refractivity contribution in [2.24, 2.45) is 17.8 Å². The van der Waals surface area contributed by atoms with Crippen LogP contribution in [0.2, 0.25) is 0 Å². The number of carbonyl (C=O) groups excluding carboxylic acids is 3. The van der Waals surface area contributed by atoms with Crippen molar-refractivity contribution < 1.29 is 23.2 Å². The highest BCUT2D eigenvalue weighted by molar-refractivity contribution is 8.00. The van der Waals surface area contributed by atoms with E-state index >= 15 is 8.78 Å². The van der Waals surface area contributed by atoms with Crippen LogP contribution >= 0.6 is 11.8 Å². The minimum atomic E-state index is -1.36. The van der Waals surface area contributed by atoms with Gasteiger partial charge in [-0.05, 0) is 37.7 Å². The SMILES string of the molecule is C=CC(=O)N1CCN(C2NC(=O)N3C4NC(C(F)CC24)C2C(F)CCCC2NC(=O)CSC2NCNC(C(C)C)C23)CC1. The Morgan fingerprint density at radius 2 is 1.81 bits per heavy atom. The second kappa shape index (κ2) is 12.8. The van der Waals surface area contributed by atoms with Gasteiger partial charge in [-0.3, -0.25) is 30.4 Å². The second-order valence-electron chi connectivity index (χ2n) is 13.2. The molecule has 5 heterocycles. The monoisotopic (exact) mass is 624 g/mol. The molecule has 5 saturated heterocycles. The first kappa shape index (κ1) is 31.0. The number of hydrogen-bond donors (Lipinski definition) is 5. The lowest BCUT2D eigenvalue weighted by Crippen LogP contribution is -2.81. The van der Waals surface area contributed by atoms with E-state index in [4.69, 9.17) is 0 Å². The Balaban J connectivity index is 1.37. The number of carbonyl (C=O) groups is 3. The summed E-state index contributed by atoms with van der Waals surface area (Å²) in [7, 11) is 0. The molecule has 6 rings (SSSR count). The molecule has 6 aliphatic rings. The maximum atomic E-state index is 16.4. The summed E-state index contributed by atoms with van der Waals surface area (Å²) in [4.78, 5) is 45.3. The lowest BCUT2D eigenvalue weighted by Gasteiger charge is -2.59. The van der Waals surface area contributed by atoms with Gasteiger partial charge in [0, 0.05) is 62.8 Å². The molecule has 11 nitrogen and oxygen atoms in total. The number of fused-ring (bicyclic) bond motifs is 5. The van der Waals surface area contributed by atoms with Gasteiger partial charge in [0.2, 0.25) is 11.8 Å². The average molecular weight is 625 g/mol. The molecule has 5 aliphatic heterocycles. The van der Waals surface area contributed by atoms with Crippen LogP contribution in [0.5, 0.6) is 0 Å². The fraction of sp³-hybridized carbons (Fsp3) is 0.828. The Hall–Kier alpha value is -2.00. The molecule has 0 aromatic heterocycles. The molecule has 11 atom stereocenters. The Kier molecular flexibility index (Phi) is 9.21. The summed E-state index contributed by atoms with van der Waals surface area (Å²) in [5, 5.41) is 16.6. The minimum absolute atomic E-state index is 0.0825. The highest BCUT2D eigenvalue weighted by Crippen LogP contribution is 2.42. The van der Waals surface area contributed by atoms with E-state index in [2.05, 4.69) is 51.9 Å². The number of nitrogens with one attached hydrogen (secondary N) is 5. The zero-order valence-corrected chi connectivity index (χ0v) is 25.8. The van der Waals surface area contributed by atoms with Gasteiger partial charge in [-0.1, -0.05) is 20.4 Å². The highest BCUT2D eigenvalue weighted by Gasteiger charge is 2.57. The van der Waals surface area contributed by atoms with Crippen molar-refractivity contribution in [3.63, 3.8) is 0 Å². The van der Waals surface area contributed by atoms with Crippen LogP contribution in [0.1, 0.15) is 39.5 Å². The lowest BCUT2D eigenvalue weighted by molar-refractivity contribution is -0.130. The second-order valence-corrected chi connectivity index (χ2v) is 14.3. The van der Waals surface area contributed by atoms with Crippen LogP contribution in [0.15, 0.2) is 12.7 Å². The number of hydrogen-bond acceptors (Lipinski definition) is 8. The number of rotatable bonds is 3. The van der Waals surface area contributed by atoms with Gasteiger partial charge in [0.1, 0.15) is 12.3 Å². The first-order valence-electron chi connectivity index (χ1n) is 15.8. The molecule has 240 valence electrons. The number of nitrogens with zero attached hydrogens (tertiary/aromatic N) is 3. The molecule has 0 radical (unpaired) electrons. The van der Waals surface area contributed by atoms with Gasteiger partial charge in [-0.25, -0.2) is 13.6 Å². The molecule has 0 aromatic rings. The molecular weight excluding hydrogens is 578 g/mol. The molecule has 0 spiro atoms. The first-order valence-corrected chi connectivity index (χ1v) is 16.9. The summed E-state index contributed by atoms with van der Waals surface area (Å²) in [6.07, 6.45) is -0.563. The summed E-state index contributed by atoms with van der Waals surface area (Å²) >= 11 is 1.47. The maximum absolute atomic E-state index is 16.4. The Bertz CT molecular complexity index is 1080. The third kappa shape index (κ3) is 5.89. The van der Waals surface area contributed by atoms with Crippen LogP contribution in [0, 0.1) is 17.8 Å². The highest BCUT2D eigenvalue weighted by atomic mass is 32.2. The van der Waals surface area contributed by atoms with Crippen LogP contribution in [-0.2, 0) is 9.59 Å². The topological polar surface area (TPSA) is 121 Å². The fourth-order valence-corrected chi connectivity index (χ4v) is 9.52. The van der Waals surface area contributed by atoms with Crippen LogP contribution in [-0.4, -0.2) is 125 Å². The van der Waals surface area contributed by atoms with Gasteiger partial charge >= 0.3 is 6.03 Å². The van der Waals surface area contributed by atoms with Gasteiger partial charge in [0.15, 0.2) is 0 Å². The number of halogens is 2. The zero-order valence-electron chi connectivity index (χ0n) is 25.0. The van der Waals surface area contributed by atoms with Crippen LogP contribution in [0.25, 0.3) is 0 Å². The molecule has 1 aliphatic carbocycles.